The highest BCUT2D eigenvalue weighted by molar-refractivity contribution is 6.31. The number of hydrogen-bond donors (Lipinski definition) is 1. The molecule has 1 N–H and O–H groups in total. The van der Waals surface area contributed by atoms with Gasteiger partial charge in [-0.1, -0.05) is 32.4 Å². The van der Waals surface area contributed by atoms with Crippen LogP contribution in [-0.2, 0) is 6.42 Å². The number of fused-ring (bicyclic) bond motifs is 1. The van der Waals surface area contributed by atoms with E-state index >= 15 is 0 Å². The molecule has 0 radical (unpaired) electrons. The van der Waals surface area contributed by atoms with Crippen LogP contribution < -0.4 is 14.8 Å². The fourth-order valence-corrected chi connectivity index (χ4v) is 2.75. The average molecular weight is 312 g/mol. The fourth-order valence-electron chi connectivity index (χ4n) is 2.50. The maximum Gasteiger partial charge on any atom is 0.162 e. The highest BCUT2D eigenvalue weighted by atomic mass is 35.5. The van der Waals surface area contributed by atoms with Crippen molar-refractivity contribution in [3.8, 4) is 11.5 Å². The molecule has 1 aliphatic heterocycles. The standard InChI is InChI=1S/C17H26ClNO2/c1-4-19-8-7-17(2,3)6-5-13-11-15-16(12-14(13)18)21-10-9-20-15/h11-12,19H,4-10H2,1-3H3. The lowest BCUT2D eigenvalue weighted by Crippen LogP contribution is -2.22. The third kappa shape index (κ3) is 4.79. The molecule has 0 aromatic heterocycles. The summed E-state index contributed by atoms with van der Waals surface area (Å²) < 4.78 is 11.2. The summed E-state index contributed by atoms with van der Waals surface area (Å²) in [5, 5.41) is 4.17. The minimum atomic E-state index is 0.304. The van der Waals surface area contributed by atoms with E-state index in [2.05, 4.69) is 26.1 Å². The van der Waals surface area contributed by atoms with Crippen LogP contribution in [0.5, 0.6) is 11.5 Å². The lowest BCUT2D eigenvalue weighted by molar-refractivity contribution is 0.171. The van der Waals surface area contributed by atoms with Crippen LogP contribution in [0, 0.1) is 5.41 Å². The summed E-state index contributed by atoms with van der Waals surface area (Å²) >= 11 is 6.37. The molecule has 1 aromatic carbocycles. The average Bonchev–Trinajstić information content (AvgIpc) is 2.45. The molecule has 0 saturated carbocycles. The monoisotopic (exact) mass is 311 g/mol. The van der Waals surface area contributed by atoms with E-state index in [1.54, 1.807) is 0 Å². The summed E-state index contributed by atoms with van der Waals surface area (Å²) in [5.41, 5.74) is 1.45. The lowest BCUT2D eigenvalue weighted by atomic mass is 9.83. The molecule has 118 valence electrons. The number of aryl methyl sites for hydroxylation is 1. The van der Waals surface area contributed by atoms with E-state index in [0.717, 1.165) is 48.0 Å². The van der Waals surface area contributed by atoms with Gasteiger partial charge in [0.25, 0.3) is 0 Å². The third-order valence-electron chi connectivity index (χ3n) is 4.01. The number of hydrogen-bond acceptors (Lipinski definition) is 3. The summed E-state index contributed by atoms with van der Waals surface area (Å²) in [6, 6.07) is 3.92. The van der Waals surface area contributed by atoms with Gasteiger partial charge in [0.1, 0.15) is 13.2 Å². The van der Waals surface area contributed by atoms with Crippen LogP contribution in [0.4, 0.5) is 0 Å². The molecule has 0 fully saturated rings. The molecule has 3 nitrogen and oxygen atoms in total. The van der Waals surface area contributed by atoms with Gasteiger partial charge in [-0.25, -0.2) is 0 Å². The van der Waals surface area contributed by atoms with Crippen LogP contribution in [0.2, 0.25) is 5.02 Å². The van der Waals surface area contributed by atoms with Gasteiger partial charge in [0.05, 0.1) is 0 Å². The molecule has 4 heteroatoms. The van der Waals surface area contributed by atoms with Gasteiger partial charge in [-0.2, -0.15) is 0 Å². The molecule has 0 bridgehead atoms. The van der Waals surface area contributed by atoms with Crippen molar-refractivity contribution in [1.29, 1.82) is 0 Å². The Labute approximate surface area is 133 Å². The Morgan fingerprint density at radius 2 is 1.81 bits per heavy atom. The predicted octanol–water partition coefficient (Wildman–Crippen LogP) is 4.07. The van der Waals surface area contributed by atoms with Crippen molar-refractivity contribution in [3.05, 3.63) is 22.7 Å². The summed E-state index contributed by atoms with van der Waals surface area (Å²) in [6.45, 7) is 10.1. The molecule has 1 aliphatic rings. The van der Waals surface area contributed by atoms with E-state index in [1.165, 1.54) is 6.42 Å². The van der Waals surface area contributed by atoms with Crippen LogP contribution in [0.25, 0.3) is 0 Å². The maximum absolute atomic E-state index is 6.37. The van der Waals surface area contributed by atoms with E-state index in [1.807, 2.05) is 12.1 Å². The third-order valence-corrected chi connectivity index (χ3v) is 4.36. The fraction of sp³-hybridized carbons (Fsp3) is 0.647. The summed E-state index contributed by atoms with van der Waals surface area (Å²) in [7, 11) is 0. The van der Waals surface area contributed by atoms with Crippen molar-refractivity contribution in [2.24, 2.45) is 5.41 Å². The van der Waals surface area contributed by atoms with Gasteiger partial charge in [0.2, 0.25) is 0 Å². The zero-order valence-electron chi connectivity index (χ0n) is 13.3. The van der Waals surface area contributed by atoms with Gasteiger partial charge in [-0.05, 0) is 49.4 Å². The lowest BCUT2D eigenvalue weighted by Gasteiger charge is -2.25. The van der Waals surface area contributed by atoms with Crippen LogP contribution in [-0.4, -0.2) is 26.3 Å². The highest BCUT2D eigenvalue weighted by Gasteiger charge is 2.20. The van der Waals surface area contributed by atoms with Gasteiger partial charge in [-0.15, -0.1) is 0 Å². The summed E-state index contributed by atoms with van der Waals surface area (Å²) in [5.74, 6) is 1.59. The second-order valence-electron chi connectivity index (χ2n) is 6.36. The number of ether oxygens (including phenoxy) is 2. The highest BCUT2D eigenvalue weighted by Crippen LogP contribution is 2.37. The first kappa shape index (κ1) is 16.4. The zero-order valence-corrected chi connectivity index (χ0v) is 14.1. The molecule has 1 aromatic rings. The van der Waals surface area contributed by atoms with Crippen molar-refractivity contribution < 1.29 is 9.47 Å². The molecule has 2 rings (SSSR count). The van der Waals surface area contributed by atoms with Gasteiger partial charge in [0, 0.05) is 11.1 Å². The second kappa shape index (κ2) is 7.37. The van der Waals surface area contributed by atoms with Gasteiger partial charge >= 0.3 is 0 Å². The Balaban J connectivity index is 1.96. The van der Waals surface area contributed by atoms with Crippen LogP contribution >= 0.6 is 11.6 Å². The van der Waals surface area contributed by atoms with E-state index in [-0.39, 0.29) is 0 Å². The Bertz CT molecular complexity index is 474. The smallest absolute Gasteiger partial charge is 0.162 e. The quantitative estimate of drug-likeness (QED) is 0.770. The normalized spacial score (nSPS) is 14.3. The van der Waals surface area contributed by atoms with Gasteiger partial charge < -0.3 is 14.8 Å². The molecule has 0 atom stereocenters. The number of benzene rings is 1. The number of nitrogens with one attached hydrogen (secondary N) is 1. The minimum absolute atomic E-state index is 0.304. The largest absolute Gasteiger partial charge is 0.486 e. The molecule has 0 saturated heterocycles. The van der Waals surface area contributed by atoms with Crippen molar-refractivity contribution in [1.82, 2.24) is 5.32 Å². The van der Waals surface area contributed by atoms with E-state index in [0.29, 0.717) is 18.6 Å². The second-order valence-corrected chi connectivity index (χ2v) is 6.76. The van der Waals surface area contributed by atoms with Crippen molar-refractivity contribution in [3.63, 3.8) is 0 Å². The van der Waals surface area contributed by atoms with Crippen LogP contribution in [0.1, 0.15) is 39.2 Å². The molecule has 21 heavy (non-hydrogen) atoms. The maximum atomic E-state index is 6.37. The molecule has 1 heterocycles. The van der Waals surface area contributed by atoms with E-state index in [9.17, 15) is 0 Å². The van der Waals surface area contributed by atoms with Gasteiger partial charge in [-0.3, -0.25) is 0 Å². The Kier molecular flexibility index (Phi) is 5.77. The van der Waals surface area contributed by atoms with Crippen molar-refractivity contribution in [2.75, 3.05) is 26.3 Å². The number of rotatable bonds is 7. The van der Waals surface area contributed by atoms with Crippen LogP contribution in [0.3, 0.4) is 0 Å². The van der Waals surface area contributed by atoms with Gasteiger partial charge in [0.15, 0.2) is 11.5 Å². The first-order valence-corrected chi connectivity index (χ1v) is 8.18. The Morgan fingerprint density at radius 1 is 1.14 bits per heavy atom. The molecule has 0 amide bonds. The molecular weight excluding hydrogens is 286 g/mol. The first-order valence-electron chi connectivity index (χ1n) is 7.80. The Morgan fingerprint density at radius 3 is 2.48 bits per heavy atom. The molecule has 0 aliphatic carbocycles. The van der Waals surface area contributed by atoms with Crippen LogP contribution in [0.15, 0.2) is 12.1 Å². The molecular formula is C17H26ClNO2. The summed E-state index contributed by atoms with van der Waals surface area (Å²) in [4.78, 5) is 0. The first-order chi connectivity index (χ1) is 10.0. The molecule has 0 unspecified atom stereocenters. The minimum Gasteiger partial charge on any atom is -0.486 e. The predicted molar refractivity (Wildman–Crippen MR) is 87.7 cm³/mol. The van der Waals surface area contributed by atoms with Crippen molar-refractivity contribution in [2.45, 2.75) is 40.0 Å². The zero-order chi connectivity index (χ0) is 15.3. The topological polar surface area (TPSA) is 30.5 Å². The Hall–Kier alpha value is -0.930. The molecule has 0 spiro atoms. The van der Waals surface area contributed by atoms with E-state index in [4.69, 9.17) is 21.1 Å². The number of halogens is 1. The SMILES string of the molecule is CCNCCC(C)(C)CCc1cc2c(cc1Cl)OCCO2. The van der Waals surface area contributed by atoms with E-state index < -0.39 is 0 Å². The van der Waals surface area contributed by atoms with Crippen molar-refractivity contribution >= 4 is 11.6 Å². The summed E-state index contributed by atoms with van der Waals surface area (Å²) in [6.07, 6.45) is 3.25.